The van der Waals surface area contributed by atoms with Crippen molar-refractivity contribution in [1.29, 1.82) is 0 Å². The maximum absolute atomic E-state index is 12.2. The SMILES string of the molecule is Cc1cc(O)c(C2=Nc3ncnn3[C@@H](c3cccc(O)c3)C2)c(=O)o1. The number of hydrogen-bond acceptors (Lipinski definition) is 7. The first-order chi connectivity index (χ1) is 12.0. The third kappa shape index (κ3) is 2.57. The van der Waals surface area contributed by atoms with Gasteiger partial charge in [0.05, 0.1) is 11.8 Å². The zero-order valence-corrected chi connectivity index (χ0v) is 13.2. The molecule has 3 aromatic rings. The molecule has 0 bridgehead atoms. The molecule has 1 aliphatic rings. The Bertz CT molecular complexity index is 1050. The standard InChI is InChI=1S/C17H14N4O4/c1-9-5-14(23)15(16(24)25-9)12-7-13(10-3-2-4-11(22)6-10)21-17(20-12)18-8-19-21/h2-6,8,13,22-23H,7H2,1H3/t13-/m1/s1. The highest BCUT2D eigenvalue weighted by atomic mass is 16.4. The molecule has 0 fully saturated rings. The molecule has 2 aromatic heterocycles. The van der Waals surface area contributed by atoms with Crippen molar-refractivity contribution in [3.05, 3.63) is 64.0 Å². The van der Waals surface area contributed by atoms with Crippen molar-refractivity contribution in [2.75, 3.05) is 0 Å². The van der Waals surface area contributed by atoms with Crippen LogP contribution in [0.1, 0.15) is 29.3 Å². The van der Waals surface area contributed by atoms with Crippen molar-refractivity contribution in [2.45, 2.75) is 19.4 Å². The molecule has 0 saturated carbocycles. The Morgan fingerprint density at radius 2 is 2.12 bits per heavy atom. The van der Waals surface area contributed by atoms with Gasteiger partial charge in [0.2, 0.25) is 5.95 Å². The van der Waals surface area contributed by atoms with Crippen molar-refractivity contribution in [3.63, 3.8) is 0 Å². The zero-order chi connectivity index (χ0) is 17.6. The number of benzene rings is 1. The lowest BCUT2D eigenvalue weighted by Crippen LogP contribution is -2.25. The van der Waals surface area contributed by atoms with Gasteiger partial charge in [-0.1, -0.05) is 12.1 Å². The molecule has 1 aliphatic heterocycles. The molecule has 8 heteroatoms. The Morgan fingerprint density at radius 1 is 1.28 bits per heavy atom. The molecule has 0 amide bonds. The summed E-state index contributed by atoms with van der Waals surface area (Å²) in [7, 11) is 0. The van der Waals surface area contributed by atoms with E-state index in [9.17, 15) is 15.0 Å². The van der Waals surface area contributed by atoms with Gasteiger partial charge in [-0.25, -0.2) is 14.5 Å². The van der Waals surface area contributed by atoms with Crippen LogP contribution < -0.4 is 5.63 Å². The minimum absolute atomic E-state index is 0.0185. The predicted octanol–water partition coefficient (Wildman–Crippen LogP) is 2.06. The zero-order valence-electron chi connectivity index (χ0n) is 13.2. The monoisotopic (exact) mass is 338 g/mol. The van der Waals surface area contributed by atoms with Crippen molar-refractivity contribution < 1.29 is 14.6 Å². The van der Waals surface area contributed by atoms with Crippen LogP contribution in [0, 0.1) is 6.92 Å². The number of aromatic nitrogens is 3. The Labute approximate surface area is 141 Å². The van der Waals surface area contributed by atoms with Gasteiger partial charge in [0, 0.05) is 12.5 Å². The predicted molar refractivity (Wildman–Crippen MR) is 88.5 cm³/mol. The first kappa shape index (κ1) is 15.1. The number of aliphatic imine (C=N–C) groups is 1. The van der Waals surface area contributed by atoms with E-state index >= 15 is 0 Å². The highest BCUT2D eigenvalue weighted by Gasteiger charge is 2.29. The summed E-state index contributed by atoms with van der Waals surface area (Å²) in [5.74, 6) is 0.570. The normalized spacial score (nSPS) is 16.4. The molecule has 3 heterocycles. The first-order valence-corrected chi connectivity index (χ1v) is 7.63. The van der Waals surface area contributed by atoms with E-state index in [1.807, 2.05) is 6.07 Å². The van der Waals surface area contributed by atoms with Crippen molar-refractivity contribution in [1.82, 2.24) is 14.8 Å². The number of hydrogen-bond donors (Lipinski definition) is 2. The van der Waals surface area contributed by atoms with Crippen LogP contribution in [0.4, 0.5) is 5.95 Å². The fraction of sp³-hybridized carbons (Fsp3) is 0.176. The highest BCUT2D eigenvalue weighted by molar-refractivity contribution is 6.04. The van der Waals surface area contributed by atoms with Gasteiger partial charge >= 0.3 is 5.63 Å². The summed E-state index contributed by atoms with van der Waals surface area (Å²) >= 11 is 0. The lowest BCUT2D eigenvalue weighted by molar-refractivity contribution is 0.431. The van der Waals surface area contributed by atoms with Crippen LogP contribution >= 0.6 is 0 Å². The molecule has 4 rings (SSSR count). The molecule has 1 aromatic carbocycles. The maximum Gasteiger partial charge on any atom is 0.348 e. The molecule has 1 atom stereocenters. The van der Waals surface area contributed by atoms with E-state index in [0.29, 0.717) is 23.8 Å². The van der Waals surface area contributed by atoms with Gasteiger partial charge in [-0.05, 0) is 24.6 Å². The molecule has 25 heavy (non-hydrogen) atoms. The molecular formula is C17H14N4O4. The fourth-order valence-electron chi connectivity index (χ4n) is 2.99. The van der Waals surface area contributed by atoms with E-state index in [4.69, 9.17) is 4.42 Å². The third-order valence-corrected chi connectivity index (χ3v) is 4.07. The summed E-state index contributed by atoms with van der Waals surface area (Å²) < 4.78 is 6.71. The second-order valence-electron chi connectivity index (χ2n) is 5.78. The van der Waals surface area contributed by atoms with Gasteiger partial charge in [-0.3, -0.25) is 0 Å². The molecular weight excluding hydrogens is 324 g/mol. The Morgan fingerprint density at radius 3 is 2.88 bits per heavy atom. The van der Waals surface area contributed by atoms with E-state index in [0.717, 1.165) is 5.56 Å². The van der Waals surface area contributed by atoms with Gasteiger partial charge in [0.1, 0.15) is 29.2 Å². The number of aryl methyl sites for hydroxylation is 1. The largest absolute Gasteiger partial charge is 0.508 e. The van der Waals surface area contributed by atoms with E-state index in [2.05, 4.69) is 15.1 Å². The van der Waals surface area contributed by atoms with Gasteiger partial charge in [0.15, 0.2) is 0 Å². The first-order valence-electron chi connectivity index (χ1n) is 7.63. The van der Waals surface area contributed by atoms with E-state index in [1.165, 1.54) is 12.4 Å². The average Bonchev–Trinajstić information content (AvgIpc) is 3.01. The van der Waals surface area contributed by atoms with E-state index in [1.54, 1.807) is 29.8 Å². The second-order valence-corrected chi connectivity index (χ2v) is 5.78. The highest BCUT2D eigenvalue weighted by Crippen LogP contribution is 2.34. The number of aromatic hydroxyl groups is 2. The van der Waals surface area contributed by atoms with Crippen LogP contribution in [0.3, 0.4) is 0 Å². The number of rotatable bonds is 2. The van der Waals surface area contributed by atoms with Crippen LogP contribution in [0.15, 0.2) is 50.9 Å². The average molecular weight is 338 g/mol. The quantitative estimate of drug-likeness (QED) is 0.739. The summed E-state index contributed by atoms with van der Waals surface area (Å²) in [4.78, 5) is 20.7. The lowest BCUT2D eigenvalue weighted by atomic mass is 9.96. The number of nitrogens with zero attached hydrogens (tertiary/aromatic N) is 4. The van der Waals surface area contributed by atoms with Crippen molar-refractivity contribution >= 4 is 11.7 Å². The Hall–Kier alpha value is -3.42. The van der Waals surface area contributed by atoms with Crippen molar-refractivity contribution in [2.24, 2.45) is 4.99 Å². The van der Waals surface area contributed by atoms with Crippen LogP contribution in [-0.2, 0) is 0 Å². The summed E-state index contributed by atoms with van der Waals surface area (Å²) in [6, 6.07) is 7.82. The van der Waals surface area contributed by atoms with Crippen LogP contribution in [0.5, 0.6) is 11.5 Å². The van der Waals surface area contributed by atoms with Crippen molar-refractivity contribution in [3.8, 4) is 11.5 Å². The smallest absolute Gasteiger partial charge is 0.348 e. The minimum atomic E-state index is -0.654. The molecule has 2 N–H and O–H groups in total. The summed E-state index contributed by atoms with van der Waals surface area (Å²) in [6.45, 7) is 1.58. The molecule has 126 valence electrons. The molecule has 8 nitrogen and oxygen atoms in total. The Kier molecular flexibility index (Phi) is 3.38. The topological polar surface area (TPSA) is 114 Å². The second kappa shape index (κ2) is 5.59. The van der Waals surface area contributed by atoms with Crippen LogP contribution in [0.2, 0.25) is 0 Å². The molecule has 0 unspecified atom stereocenters. The van der Waals surface area contributed by atoms with Gasteiger partial charge in [-0.2, -0.15) is 10.1 Å². The number of fused-ring (bicyclic) bond motifs is 1. The van der Waals surface area contributed by atoms with E-state index in [-0.39, 0.29) is 23.1 Å². The summed E-state index contributed by atoms with van der Waals surface area (Å²) in [5.41, 5.74) is 0.513. The summed E-state index contributed by atoms with van der Waals surface area (Å²) in [6.07, 6.45) is 1.66. The lowest BCUT2D eigenvalue weighted by Gasteiger charge is -2.23. The maximum atomic E-state index is 12.2. The molecule has 0 spiro atoms. The number of phenolic OH excluding ortho intramolecular Hbond substituents is 1. The molecule has 0 radical (unpaired) electrons. The van der Waals surface area contributed by atoms with E-state index < -0.39 is 5.63 Å². The van der Waals surface area contributed by atoms with Crippen LogP contribution in [-0.4, -0.2) is 30.7 Å². The summed E-state index contributed by atoms with van der Waals surface area (Å²) in [5, 5.41) is 24.1. The third-order valence-electron chi connectivity index (χ3n) is 4.07. The van der Waals surface area contributed by atoms with Crippen LogP contribution in [0.25, 0.3) is 0 Å². The number of phenols is 1. The van der Waals surface area contributed by atoms with Gasteiger partial charge in [-0.15, -0.1) is 0 Å². The fourth-order valence-corrected chi connectivity index (χ4v) is 2.99. The Balaban J connectivity index is 1.86. The molecule has 0 aliphatic carbocycles. The van der Waals surface area contributed by atoms with Gasteiger partial charge in [0.25, 0.3) is 0 Å². The van der Waals surface area contributed by atoms with Gasteiger partial charge < -0.3 is 14.6 Å². The minimum Gasteiger partial charge on any atom is -0.508 e. The molecule has 0 saturated heterocycles.